The molecule has 0 radical (unpaired) electrons. The van der Waals surface area contributed by atoms with Gasteiger partial charge in [-0.15, -0.1) is 0 Å². The molecule has 5 nitrogen and oxygen atoms in total. The molecule has 0 aromatic carbocycles. The lowest BCUT2D eigenvalue weighted by Gasteiger charge is -2.04. The number of ether oxygens (including phenoxy) is 1. The van der Waals surface area contributed by atoms with Gasteiger partial charge in [0.05, 0.1) is 0 Å². The zero-order chi connectivity index (χ0) is 8.97. The number of rotatable bonds is 3. The van der Waals surface area contributed by atoms with Gasteiger partial charge in [0.2, 0.25) is 0 Å². The van der Waals surface area contributed by atoms with E-state index in [1.807, 2.05) is 0 Å². The van der Waals surface area contributed by atoms with E-state index in [1.54, 1.807) is 12.1 Å². The van der Waals surface area contributed by atoms with Gasteiger partial charge in [0.25, 0.3) is 5.91 Å². The molecule has 1 rings (SSSR count). The van der Waals surface area contributed by atoms with Crippen LogP contribution in [0.4, 0.5) is 0 Å². The van der Waals surface area contributed by atoms with Crippen molar-refractivity contribution in [2.75, 3.05) is 6.73 Å². The van der Waals surface area contributed by atoms with Crippen LogP contribution in [0, 0.1) is 0 Å². The summed E-state index contributed by atoms with van der Waals surface area (Å²) in [6, 6.07) is 3.22. The lowest BCUT2D eigenvalue weighted by Crippen LogP contribution is -2.17. The van der Waals surface area contributed by atoms with E-state index in [1.165, 1.54) is 6.20 Å². The highest BCUT2D eigenvalue weighted by Gasteiger charge is 2.08. The van der Waals surface area contributed by atoms with Crippen molar-refractivity contribution in [1.82, 2.24) is 4.98 Å². The Balaban J connectivity index is 3.00. The summed E-state index contributed by atoms with van der Waals surface area (Å²) in [6.07, 6.45) is 1.46. The van der Waals surface area contributed by atoms with Gasteiger partial charge in [0, 0.05) is 6.20 Å². The predicted molar refractivity (Wildman–Crippen MR) is 42.4 cm³/mol. The molecule has 0 atom stereocenters. The van der Waals surface area contributed by atoms with Crippen molar-refractivity contribution in [1.29, 1.82) is 0 Å². The number of hydrogen-bond donors (Lipinski definition) is 2. The van der Waals surface area contributed by atoms with E-state index in [4.69, 9.17) is 16.2 Å². The molecule has 5 heteroatoms. The smallest absolute Gasteiger partial charge is 0.271 e. The number of nitrogens with two attached hydrogens (primary N) is 2. The largest absolute Gasteiger partial charge is 0.476 e. The molecule has 1 amide bonds. The van der Waals surface area contributed by atoms with Gasteiger partial charge >= 0.3 is 0 Å². The summed E-state index contributed by atoms with van der Waals surface area (Å²) in [5.74, 6) is -0.313. The molecule has 0 aliphatic heterocycles. The Morgan fingerprint density at radius 3 is 3.00 bits per heavy atom. The molecule has 0 aliphatic carbocycles. The molecular formula is C7H9N3O2. The van der Waals surface area contributed by atoms with Crippen molar-refractivity contribution in [2.24, 2.45) is 11.5 Å². The third-order valence-electron chi connectivity index (χ3n) is 1.24. The first kappa shape index (κ1) is 8.48. The molecule has 1 aromatic heterocycles. The summed E-state index contributed by atoms with van der Waals surface area (Å²) < 4.78 is 4.91. The van der Waals surface area contributed by atoms with E-state index < -0.39 is 5.91 Å². The molecule has 0 aliphatic rings. The zero-order valence-corrected chi connectivity index (χ0v) is 6.36. The zero-order valence-electron chi connectivity index (χ0n) is 6.36. The van der Waals surface area contributed by atoms with E-state index >= 15 is 0 Å². The maximum atomic E-state index is 10.7. The van der Waals surface area contributed by atoms with Gasteiger partial charge in [-0.25, -0.2) is 4.98 Å². The number of primary amides is 1. The predicted octanol–water partition coefficient (Wildman–Crippen LogP) is -0.524. The number of pyridine rings is 1. The molecule has 1 heterocycles. The molecule has 1 aromatic rings. The highest BCUT2D eigenvalue weighted by atomic mass is 16.5. The summed E-state index contributed by atoms with van der Waals surface area (Å²) in [7, 11) is 0. The van der Waals surface area contributed by atoms with Crippen LogP contribution in [0.5, 0.6) is 5.75 Å². The molecule has 0 saturated heterocycles. The minimum atomic E-state index is -0.626. The Bertz CT molecular complexity index is 288. The molecular weight excluding hydrogens is 158 g/mol. The van der Waals surface area contributed by atoms with Crippen molar-refractivity contribution in [3.05, 3.63) is 24.0 Å². The molecule has 12 heavy (non-hydrogen) atoms. The van der Waals surface area contributed by atoms with Crippen LogP contribution in [0.1, 0.15) is 10.5 Å². The fourth-order valence-corrected chi connectivity index (χ4v) is 0.782. The Labute approximate surface area is 69.3 Å². The fourth-order valence-electron chi connectivity index (χ4n) is 0.782. The average molecular weight is 167 g/mol. The first-order chi connectivity index (χ1) is 5.75. The Hall–Kier alpha value is -1.62. The summed E-state index contributed by atoms with van der Waals surface area (Å²) in [4.78, 5) is 14.5. The van der Waals surface area contributed by atoms with Gasteiger partial charge in [0.1, 0.15) is 6.73 Å². The van der Waals surface area contributed by atoms with E-state index in [-0.39, 0.29) is 12.4 Å². The van der Waals surface area contributed by atoms with Crippen LogP contribution in [-0.2, 0) is 0 Å². The lowest BCUT2D eigenvalue weighted by atomic mass is 10.3. The summed E-state index contributed by atoms with van der Waals surface area (Å²) in [5, 5.41) is 0. The van der Waals surface area contributed by atoms with Gasteiger partial charge in [-0.1, -0.05) is 0 Å². The third-order valence-corrected chi connectivity index (χ3v) is 1.24. The van der Waals surface area contributed by atoms with Crippen molar-refractivity contribution in [3.8, 4) is 5.75 Å². The van der Waals surface area contributed by atoms with Gasteiger partial charge in [-0.2, -0.15) is 0 Å². The lowest BCUT2D eigenvalue weighted by molar-refractivity contribution is 0.0991. The van der Waals surface area contributed by atoms with E-state index in [2.05, 4.69) is 4.98 Å². The van der Waals surface area contributed by atoms with Crippen LogP contribution in [0.3, 0.4) is 0 Å². The molecule has 4 N–H and O–H groups in total. The average Bonchev–Trinajstić information content (AvgIpc) is 2.05. The van der Waals surface area contributed by atoms with Gasteiger partial charge in [-0.05, 0) is 12.1 Å². The van der Waals surface area contributed by atoms with Gasteiger partial charge in [-0.3, -0.25) is 10.5 Å². The minimum absolute atomic E-state index is 0.00796. The minimum Gasteiger partial charge on any atom is -0.476 e. The number of aromatic nitrogens is 1. The van der Waals surface area contributed by atoms with Crippen LogP contribution >= 0.6 is 0 Å². The molecule has 0 saturated carbocycles. The number of nitrogens with zero attached hydrogens (tertiary/aromatic N) is 1. The number of carbonyl (C=O) groups is 1. The quantitative estimate of drug-likeness (QED) is 0.592. The van der Waals surface area contributed by atoms with E-state index in [0.717, 1.165) is 0 Å². The van der Waals surface area contributed by atoms with Gasteiger partial charge in [0.15, 0.2) is 11.4 Å². The fraction of sp³-hybridized carbons (Fsp3) is 0.143. The van der Waals surface area contributed by atoms with Crippen molar-refractivity contribution in [2.45, 2.75) is 0 Å². The summed E-state index contributed by atoms with van der Waals surface area (Å²) >= 11 is 0. The second-order valence-corrected chi connectivity index (χ2v) is 2.03. The monoisotopic (exact) mass is 167 g/mol. The molecule has 0 unspecified atom stereocenters. The highest BCUT2D eigenvalue weighted by molar-refractivity contribution is 5.93. The normalized spacial score (nSPS) is 9.42. The Kier molecular flexibility index (Phi) is 2.60. The van der Waals surface area contributed by atoms with Gasteiger partial charge < -0.3 is 10.5 Å². The maximum absolute atomic E-state index is 10.7. The number of carbonyl (C=O) groups excluding carboxylic acids is 1. The van der Waals surface area contributed by atoms with E-state index in [9.17, 15) is 4.79 Å². The van der Waals surface area contributed by atoms with E-state index in [0.29, 0.717) is 5.75 Å². The summed E-state index contributed by atoms with van der Waals surface area (Å²) in [5.41, 5.74) is 10.3. The van der Waals surface area contributed by atoms with Crippen LogP contribution in [0.2, 0.25) is 0 Å². The molecule has 0 spiro atoms. The first-order valence-corrected chi connectivity index (χ1v) is 3.33. The Morgan fingerprint density at radius 2 is 2.42 bits per heavy atom. The molecule has 64 valence electrons. The highest BCUT2D eigenvalue weighted by Crippen LogP contribution is 2.13. The molecule has 0 fully saturated rings. The number of amides is 1. The van der Waals surface area contributed by atoms with Crippen LogP contribution in [0.15, 0.2) is 18.3 Å². The third kappa shape index (κ3) is 1.70. The Morgan fingerprint density at radius 1 is 1.67 bits per heavy atom. The SMILES string of the molecule is NCOc1cccnc1C(N)=O. The van der Waals surface area contributed by atoms with Crippen molar-refractivity contribution < 1.29 is 9.53 Å². The van der Waals surface area contributed by atoms with Crippen molar-refractivity contribution >= 4 is 5.91 Å². The molecule has 0 bridgehead atoms. The maximum Gasteiger partial charge on any atom is 0.271 e. The van der Waals surface area contributed by atoms with Crippen molar-refractivity contribution in [3.63, 3.8) is 0 Å². The first-order valence-electron chi connectivity index (χ1n) is 3.33. The second-order valence-electron chi connectivity index (χ2n) is 2.03. The standard InChI is InChI=1S/C7H9N3O2/c8-4-12-5-2-1-3-10-6(5)7(9)11/h1-3H,4,8H2,(H2,9,11). The number of hydrogen-bond acceptors (Lipinski definition) is 4. The van der Waals surface area contributed by atoms with Crippen LogP contribution in [0.25, 0.3) is 0 Å². The second kappa shape index (κ2) is 3.68. The van der Waals surface area contributed by atoms with Crippen LogP contribution in [-0.4, -0.2) is 17.6 Å². The van der Waals surface area contributed by atoms with Crippen LogP contribution < -0.4 is 16.2 Å². The summed E-state index contributed by atoms with van der Waals surface area (Å²) in [6.45, 7) is -0.00796. The topological polar surface area (TPSA) is 91.2 Å².